The zero-order valence-electron chi connectivity index (χ0n) is 25.7. The molecule has 7 heteroatoms. The van der Waals surface area contributed by atoms with Gasteiger partial charge in [-0.05, 0) is 56.3 Å². The quantitative estimate of drug-likeness (QED) is 0.249. The molecule has 0 N–H and O–H groups in total. The zero-order chi connectivity index (χ0) is 30.3. The van der Waals surface area contributed by atoms with Crippen LogP contribution in [0.25, 0.3) is 0 Å². The van der Waals surface area contributed by atoms with Crippen LogP contribution < -0.4 is 4.74 Å². The lowest BCUT2D eigenvalue weighted by molar-refractivity contribution is -0.224. The van der Waals surface area contributed by atoms with Crippen LogP contribution in [0.2, 0.25) is 0 Å². The average molecular weight is 559 g/mol. The van der Waals surface area contributed by atoms with Crippen molar-refractivity contribution in [3.05, 3.63) is 29.6 Å². The van der Waals surface area contributed by atoms with E-state index < -0.39 is 35.2 Å². The fourth-order valence-electron chi connectivity index (χ4n) is 5.11. The topological polar surface area (TPSA) is 9.23 Å². The number of ether oxygens (including phenoxy) is 1. The lowest BCUT2D eigenvalue weighted by atomic mass is 9.68. The molecule has 0 amide bonds. The predicted octanol–water partition coefficient (Wildman–Crippen LogP) is 12.2. The number of rotatable bonds is 6. The molecule has 0 unspecified atom stereocenters. The van der Waals surface area contributed by atoms with Gasteiger partial charge in [0, 0.05) is 12.1 Å². The molecule has 228 valence electrons. The Balaban J connectivity index is -0.00000110. The first-order valence-corrected chi connectivity index (χ1v) is 14.9. The molecule has 0 aliphatic heterocycles. The molecule has 1 aromatic carbocycles. The Morgan fingerprint density at radius 2 is 1.05 bits per heavy atom. The van der Waals surface area contributed by atoms with Crippen LogP contribution in [0.1, 0.15) is 127 Å². The molecular weight excluding hydrogens is 502 g/mol. The number of hydrogen-bond acceptors (Lipinski definition) is 1. The van der Waals surface area contributed by atoms with E-state index in [1.54, 1.807) is 0 Å². The molecule has 1 nitrogen and oxygen atoms in total. The monoisotopic (exact) mass is 558 g/mol. The number of benzene rings is 1. The highest BCUT2D eigenvalue weighted by atomic mass is 19.3. The van der Waals surface area contributed by atoms with E-state index >= 15 is 0 Å². The summed E-state index contributed by atoms with van der Waals surface area (Å²) in [7, 11) is 0.500. The third-order valence-electron chi connectivity index (χ3n) is 6.71. The second kappa shape index (κ2) is 24.6. The van der Waals surface area contributed by atoms with Crippen LogP contribution in [0.5, 0.6) is 5.75 Å². The van der Waals surface area contributed by atoms with Crippen LogP contribution in [0.15, 0.2) is 12.1 Å². The molecule has 2 saturated carbocycles. The molecule has 0 atom stereocenters. The smallest absolute Gasteiger partial charge is 0.400 e. The largest absolute Gasteiger partial charge is 0.432 e. The van der Waals surface area contributed by atoms with Crippen LogP contribution >= 0.6 is 0 Å². The summed E-state index contributed by atoms with van der Waals surface area (Å²) in [6.07, 6.45) is 6.00. The minimum Gasteiger partial charge on any atom is -0.432 e. The zero-order valence-corrected chi connectivity index (χ0v) is 25.7. The lowest BCUT2D eigenvalue weighted by Crippen LogP contribution is -2.38. The Bertz CT molecular complexity index is 629. The number of alkyl halides is 3. The Morgan fingerprint density at radius 3 is 1.42 bits per heavy atom. The van der Waals surface area contributed by atoms with E-state index in [4.69, 9.17) is 0 Å². The minimum atomic E-state index is -3.53. The maximum Gasteiger partial charge on any atom is 0.400 e. The van der Waals surface area contributed by atoms with Crippen LogP contribution in [0.4, 0.5) is 26.3 Å². The molecule has 38 heavy (non-hydrogen) atoms. The highest BCUT2D eigenvalue weighted by Gasteiger charge is 2.45. The van der Waals surface area contributed by atoms with Crippen molar-refractivity contribution >= 4 is 0 Å². The molecule has 2 fully saturated rings. The maximum atomic E-state index is 14.5. The molecule has 3 rings (SSSR count). The first-order chi connectivity index (χ1) is 18.3. The van der Waals surface area contributed by atoms with Gasteiger partial charge in [-0.2, -0.15) is 8.78 Å². The molecule has 0 radical (unpaired) electrons. The molecule has 0 bridgehead atoms. The molecular formula is C31H56F6O. The van der Waals surface area contributed by atoms with Gasteiger partial charge in [-0.15, -0.1) is 0 Å². The van der Waals surface area contributed by atoms with Crippen molar-refractivity contribution in [2.45, 2.75) is 133 Å². The van der Waals surface area contributed by atoms with Crippen molar-refractivity contribution in [2.75, 3.05) is 7.18 Å². The lowest BCUT2D eigenvalue weighted by Gasteiger charge is -2.39. The Hall–Kier alpha value is -1.40. The molecule has 0 aromatic heterocycles. The van der Waals surface area contributed by atoms with Crippen LogP contribution in [-0.2, 0) is 0 Å². The van der Waals surface area contributed by atoms with Gasteiger partial charge in [0.25, 0.3) is 0 Å². The van der Waals surface area contributed by atoms with Crippen LogP contribution in [0.3, 0.4) is 0 Å². The normalized spacial score (nSPS) is 22.1. The SMILES string of the molecule is CC.CC.CC.CC.CCCC1CCC(C2CCC(C(F)(F)Oc3cc(F)c(F)c(F)c3)CC2)CC1.CF. The van der Waals surface area contributed by atoms with Gasteiger partial charge in [0.05, 0.1) is 13.1 Å². The van der Waals surface area contributed by atoms with E-state index in [1.807, 2.05) is 55.4 Å². The second-order valence-electron chi connectivity index (χ2n) is 8.55. The molecule has 2 aliphatic rings. The first-order valence-electron chi connectivity index (χ1n) is 14.9. The fraction of sp³-hybridized carbons (Fsp3) is 0.806. The van der Waals surface area contributed by atoms with Gasteiger partial charge in [-0.1, -0.05) is 88.0 Å². The van der Waals surface area contributed by atoms with E-state index in [2.05, 4.69) is 11.7 Å². The third-order valence-corrected chi connectivity index (χ3v) is 6.71. The van der Waals surface area contributed by atoms with Crippen molar-refractivity contribution in [1.29, 1.82) is 0 Å². The molecule has 2 aliphatic carbocycles. The van der Waals surface area contributed by atoms with Gasteiger partial charge in [0.15, 0.2) is 17.5 Å². The standard InChI is InChI=1S/C22H29F5O.4C2H6.CH3F/c1-2-3-14-4-6-15(7-5-14)16-8-10-17(11-9-16)22(26,27)28-18-12-19(23)21(25)20(24)13-18;5*1-2/h12-17H,2-11H2,1H3;4*1-2H3;1H3. The summed E-state index contributed by atoms with van der Waals surface area (Å²) in [5.41, 5.74) is 0. The summed E-state index contributed by atoms with van der Waals surface area (Å²) in [6.45, 7) is 18.2. The summed E-state index contributed by atoms with van der Waals surface area (Å²) < 4.78 is 82.6. The molecule has 1 aromatic rings. The van der Waals surface area contributed by atoms with Gasteiger partial charge < -0.3 is 4.74 Å². The summed E-state index contributed by atoms with van der Waals surface area (Å²) in [4.78, 5) is 0. The molecule has 0 spiro atoms. The predicted molar refractivity (Wildman–Crippen MR) is 150 cm³/mol. The first kappa shape index (κ1) is 41.1. The Labute approximate surface area is 230 Å². The summed E-state index contributed by atoms with van der Waals surface area (Å²) in [6, 6.07) is 0.930. The second-order valence-corrected chi connectivity index (χ2v) is 8.55. The van der Waals surface area contributed by atoms with E-state index in [0.717, 1.165) is 18.8 Å². The van der Waals surface area contributed by atoms with Crippen LogP contribution in [0, 0.1) is 41.1 Å². The fourth-order valence-corrected chi connectivity index (χ4v) is 5.11. The third kappa shape index (κ3) is 14.1. The summed E-state index contributed by atoms with van der Waals surface area (Å²) >= 11 is 0. The van der Waals surface area contributed by atoms with Crippen molar-refractivity contribution < 1.29 is 31.1 Å². The summed E-state index contributed by atoms with van der Waals surface area (Å²) in [5, 5.41) is 0. The van der Waals surface area contributed by atoms with Gasteiger partial charge in [0.2, 0.25) is 0 Å². The Morgan fingerprint density at radius 1 is 0.684 bits per heavy atom. The Kier molecular flexibility index (Phi) is 26.6. The van der Waals surface area contributed by atoms with E-state index in [0.29, 0.717) is 44.0 Å². The average Bonchev–Trinajstić information content (AvgIpc) is 2.97. The molecule has 0 heterocycles. The van der Waals surface area contributed by atoms with Gasteiger partial charge in [0.1, 0.15) is 5.75 Å². The van der Waals surface area contributed by atoms with E-state index in [-0.39, 0.29) is 0 Å². The van der Waals surface area contributed by atoms with Crippen molar-refractivity contribution in [3.8, 4) is 5.75 Å². The molecule has 0 saturated heterocycles. The highest BCUT2D eigenvalue weighted by Crippen LogP contribution is 2.46. The highest BCUT2D eigenvalue weighted by molar-refractivity contribution is 5.25. The number of hydrogen-bond donors (Lipinski definition) is 0. The van der Waals surface area contributed by atoms with Crippen LogP contribution in [-0.4, -0.2) is 13.3 Å². The van der Waals surface area contributed by atoms with Gasteiger partial charge in [-0.3, -0.25) is 4.39 Å². The summed E-state index contributed by atoms with van der Waals surface area (Å²) in [5.74, 6) is -4.49. The minimum absolute atomic E-state index is 0.332. The van der Waals surface area contributed by atoms with Crippen molar-refractivity contribution in [1.82, 2.24) is 0 Å². The van der Waals surface area contributed by atoms with E-state index in [9.17, 15) is 26.3 Å². The van der Waals surface area contributed by atoms with Crippen molar-refractivity contribution in [2.24, 2.45) is 23.7 Å². The maximum absolute atomic E-state index is 14.5. The number of halogens is 6. The van der Waals surface area contributed by atoms with Gasteiger partial charge >= 0.3 is 6.11 Å². The van der Waals surface area contributed by atoms with E-state index in [1.165, 1.54) is 38.5 Å². The van der Waals surface area contributed by atoms with Crippen molar-refractivity contribution in [3.63, 3.8) is 0 Å². The van der Waals surface area contributed by atoms with Gasteiger partial charge in [-0.25, -0.2) is 13.2 Å².